The van der Waals surface area contributed by atoms with Crippen LogP contribution in [0.2, 0.25) is 0 Å². The summed E-state index contributed by atoms with van der Waals surface area (Å²) in [6.45, 7) is 6.86. The number of carbonyl (C=O) groups is 1. The largest absolute Gasteiger partial charge is 0.361 e. The number of amides is 1. The van der Waals surface area contributed by atoms with E-state index in [1.807, 2.05) is 6.92 Å². The van der Waals surface area contributed by atoms with Crippen LogP contribution in [0.3, 0.4) is 0 Å². The summed E-state index contributed by atoms with van der Waals surface area (Å²) in [5.74, 6) is 1.24. The number of aromatic nitrogens is 3. The molecule has 27 heavy (non-hydrogen) atoms. The maximum Gasteiger partial charge on any atom is 0.262 e. The maximum atomic E-state index is 12.9. The number of hydrogen-bond acceptors (Lipinski definition) is 6. The molecular formula is C17H25N5O4S. The van der Waals surface area contributed by atoms with E-state index in [1.165, 1.54) is 10.5 Å². The van der Waals surface area contributed by atoms with Crippen LogP contribution in [0.4, 0.5) is 0 Å². The first-order valence-corrected chi connectivity index (χ1v) is 10.3. The van der Waals surface area contributed by atoms with Crippen LogP contribution < -0.4 is 0 Å². The van der Waals surface area contributed by atoms with E-state index >= 15 is 0 Å². The lowest BCUT2D eigenvalue weighted by Crippen LogP contribution is -2.38. The predicted molar refractivity (Wildman–Crippen MR) is 97.6 cm³/mol. The van der Waals surface area contributed by atoms with Crippen LogP contribution in [-0.2, 0) is 28.3 Å². The molecule has 3 rings (SSSR count). The van der Waals surface area contributed by atoms with Crippen molar-refractivity contribution in [2.75, 3.05) is 26.2 Å². The Hall–Kier alpha value is -2.20. The van der Waals surface area contributed by atoms with Crippen molar-refractivity contribution in [3.8, 4) is 0 Å². The molecule has 0 atom stereocenters. The molecule has 3 heterocycles. The average molecular weight is 395 g/mol. The van der Waals surface area contributed by atoms with E-state index in [4.69, 9.17) is 4.52 Å². The monoisotopic (exact) mass is 395 g/mol. The van der Waals surface area contributed by atoms with Crippen LogP contribution in [0.1, 0.15) is 29.3 Å². The number of imidazole rings is 1. The highest BCUT2D eigenvalue weighted by Crippen LogP contribution is 2.18. The van der Waals surface area contributed by atoms with Gasteiger partial charge < -0.3 is 14.0 Å². The van der Waals surface area contributed by atoms with Gasteiger partial charge in [-0.15, -0.1) is 0 Å². The second-order valence-electron chi connectivity index (χ2n) is 6.86. The minimum absolute atomic E-state index is 0.0441. The van der Waals surface area contributed by atoms with Gasteiger partial charge in [-0.1, -0.05) is 5.16 Å². The van der Waals surface area contributed by atoms with Crippen LogP contribution in [0.5, 0.6) is 0 Å². The molecule has 0 bridgehead atoms. The summed E-state index contributed by atoms with van der Waals surface area (Å²) < 4.78 is 33.9. The first-order chi connectivity index (χ1) is 12.7. The Morgan fingerprint density at radius 3 is 2.52 bits per heavy atom. The molecule has 0 radical (unpaired) electrons. The van der Waals surface area contributed by atoms with Crippen LogP contribution in [0, 0.1) is 20.8 Å². The summed E-state index contributed by atoms with van der Waals surface area (Å²) in [5, 5.41) is 3.93. The molecule has 0 saturated carbocycles. The van der Waals surface area contributed by atoms with Gasteiger partial charge in [-0.3, -0.25) is 4.79 Å². The number of rotatable bonds is 4. The van der Waals surface area contributed by atoms with Crippen molar-refractivity contribution in [3.05, 3.63) is 29.0 Å². The van der Waals surface area contributed by atoms with Gasteiger partial charge in [0, 0.05) is 45.0 Å². The van der Waals surface area contributed by atoms with Gasteiger partial charge in [-0.05, 0) is 27.2 Å². The zero-order chi connectivity index (χ0) is 19.8. The zero-order valence-corrected chi connectivity index (χ0v) is 16.9. The Labute approximate surface area is 159 Å². The van der Waals surface area contributed by atoms with Crippen LogP contribution in [0.25, 0.3) is 0 Å². The molecule has 0 aromatic carbocycles. The van der Waals surface area contributed by atoms with E-state index in [2.05, 4.69) is 10.1 Å². The van der Waals surface area contributed by atoms with Crippen molar-refractivity contribution in [3.63, 3.8) is 0 Å². The van der Waals surface area contributed by atoms with Crippen molar-refractivity contribution in [1.82, 2.24) is 23.9 Å². The number of sulfonamides is 1. The van der Waals surface area contributed by atoms with Gasteiger partial charge in [0.15, 0.2) is 5.03 Å². The highest BCUT2D eigenvalue weighted by molar-refractivity contribution is 7.89. The Bertz CT molecular complexity index is 908. The van der Waals surface area contributed by atoms with Gasteiger partial charge >= 0.3 is 0 Å². The Morgan fingerprint density at radius 2 is 1.93 bits per heavy atom. The van der Waals surface area contributed by atoms with E-state index < -0.39 is 10.0 Å². The summed E-state index contributed by atoms with van der Waals surface area (Å²) in [4.78, 5) is 18.5. The summed E-state index contributed by atoms with van der Waals surface area (Å²) in [5.41, 5.74) is 1.52. The van der Waals surface area contributed by atoms with Crippen molar-refractivity contribution >= 4 is 15.9 Å². The molecule has 148 valence electrons. The SMILES string of the molecule is Cc1noc(C)c1CC(=O)N1CCCN(S(=O)(=O)c2cn(C)c(C)n2)CC1. The number of nitrogens with zero attached hydrogens (tertiary/aromatic N) is 5. The number of hydrogen-bond donors (Lipinski definition) is 0. The average Bonchev–Trinajstić information content (AvgIpc) is 3.00. The molecule has 0 aliphatic carbocycles. The number of carbonyl (C=O) groups excluding carboxylic acids is 1. The second kappa shape index (κ2) is 7.43. The molecule has 1 saturated heterocycles. The first kappa shape index (κ1) is 19.6. The molecule has 2 aromatic heterocycles. The lowest BCUT2D eigenvalue weighted by atomic mass is 10.1. The van der Waals surface area contributed by atoms with E-state index in [0.29, 0.717) is 43.3 Å². The molecule has 0 unspecified atom stereocenters. The normalized spacial score (nSPS) is 16.5. The standard InChI is InChI=1S/C17H25N5O4S/c1-12-15(13(2)26-19-12)10-17(23)21-6-5-7-22(9-8-21)27(24,25)16-11-20(4)14(3)18-16/h11H,5-10H2,1-4H3. The van der Waals surface area contributed by atoms with Crippen LogP contribution >= 0.6 is 0 Å². The van der Waals surface area contributed by atoms with E-state index in [1.54, 1.807) is 30.4 Å². The minimum atomic E-state index is -3.66. The molecule has 9 nitrogen and oxygen atoms in total. The molecule has 1 aliphatic rings. The van der Waals surface area contributed by atoms with Crippen molar-refractivity contribution < 1.29 is 17.7 Å². The summed E-state index contributed by atoms with van der Waals surface area (Å²) in [7, 11) is -1.90. The first-order valence-electron chi connectivity index (χ1n) is 8.89. The molecular weight excluding hydrogens is 370 g/mol. The van der Waals surface area contributed by atoms with Crippen molar-refractivity contribution in [2.24, 2.45) is 7.05 Å². The fourth-order valence-electron chi connectivity index (χ4n) is 3.18. The lowest BCUT2D eigenvalue weighted by molar-refractivity contribution is -0.130. The molecule has 1 aliphatic heterocycles. The third-order valence-corrected chi connectivity index (χ3v) is 6.78. The Morgan fingerprint density at radius 1 is 1.19 bits per heavy atom. The van der Waals surface area contributed by atoms with Crippen LogP contribution in [0.15, 0.2) is 15.7 Å². The molecule has 1 fully saturated rings. The van der Waals surface area contributed by atoms with Gasteiger partial charge in [-0.25, -0.2) is 13.4 Å². The highest BCUT2D eigenvalue weighted by atomic mass is 32.2. The zero-order valence-electron chi connectivity index (χ0n) is 16.1. The van der Waals surface area contributed by atoms with Gasteiger partial charge in [0.05, 0.1) is 12.1 Å². The quantitative estimate of drug-likeness (QED) is 0.759. The Balaban J connectivity index is 1.69. The number of aryl methyl sites for hydroxylation is 4. The molecule has 1 amide bonds. The fourth-order valence-corrected chi connectivity index (χ4v) is 4.68. The smallest absolute Gasteiger partial charge is 0.262 e. The van der Waals surface area contributed by atoms with Crippen LogP contribution in [-0.4, -0.2) is 64.4 Å². The van der Waals surface area contributed by atoms with E-state index in [9.17, 15) is 13.2 Å². The Kier molecular flexibility index (Phi) is 5.38. The minimum Gasteiger partial charge on any atom is -0.361 e. The van der Waals surface area contributed by atoms with Crippen molar-refractivity contribution in [2.45, 2.75) is 38.6 Å². The van der Waals surface area contributed by atoms with Gasteiger partial charge in [0.1, 0.15) is 11.6 Å². The third kappa shape index (κ3) is 3.91. The van der Waals surface area contributed by atoms with E-state index in [0.717, 1.165) is 5.56 Å². The summed E-state index contributed by atoms with van der Waals surface area (Å²) >= 11 is 0. The molecule has 2 aromatic rings. The molecule has 10 heteroatoms. The molecule has 0 spiro atoms. The third-order valence-electron chi connectivity index (χ3n) is 5.01. The topological polar surface area (TPSA) is 102 Å². The fraction of sp³-hybridized carbons (Fsp3) is 0.588. The van der Waals surface area contributed by atoms with Gasteiger partial charge in [-0.2, -0.15) is 4.31 Å². The lowest BCUT2D eigenvalue weighted by Gasteiger charge is -2.21. The predicted octanol–water partition coefficient (Wildman–Crippen LogP) is 0.799. The highest BCUT2D eigenvalue weighted by Gasteiger charge is 2.30. The van der Waals surface area contributed by atoms with Crippen molar-refractivity contribution in [1.29, 1.82) is 0 Å². The second-order valence-corrected chi connectivity index (χ2v) is 8.74. The maximum absolute atomic E-state index is 12.9. The summed E-state index contributed by atoms with van der Waals surface area (Å²) in [6.07, 6.45) is 2.32. The molecule has 0 N–H and O–H groups in total. The van der Waals surface area contributed by atoms with Gasteiger partial charge in [0.25, 0.3) is 10.0 Å². The van der Waals surface area contributed by atoms with Gasteiger partial charge in [0.2, 0.25) is 5.91 Å². The summed E-state index contributed by atoms with van der Waals surface area (Å²) in [6, 6.07) is 0. The van der Waals surface area contributed by atoms with E-state index in [-0.39, 0.29) is 23.9 Å².